The molecule has 5 nitrogen and oxygen atoms in total. The van der Waals surface area contributed by atoms with Gasteiger partial charge in [0, 0.05) is 0 Å². The lowest BCUT2D eigenvalue weighted by Gasteiger charge is -2.15. The van der Waals surface area contributed by atoms with Crippen LogP contribution in [-0.4, -0.2) is 27.8 Å². The number of carbonyl (C=O) groups excluding carboxylic acids is 1. The molecule has 0 fully saturated rings. The molecule has 0 saturated carbocycles. The van der Waals surface area contributed by atoms with Gasteiger partial charge in [-0.1, -0.05) is 11.6 Å². The van der Waals surface area contributed by atoms with Crippen molar-refractivity contribution in [2.24, 2.45) is 0 Å². The molecule has 0 amide bonds. The Bertz CT molecular complexity index is 531. The summed E-state index contributed by atoms with van der Waals surface area (Å²) in [7, 11) is 4.07. The average molecular weight is 265 g/mol. The first-order chi connectivity index (χ1) is 8.60. The SMILES string of the molecule is COC(=O)c1ncn(CC2=CC(P)=C(C)CC2)n1. The second-order valence-corrected chi connectivity index (χ2v) is 4.92. The molecule has 0 aromatic carbocycles. The van der Waals surface area contributed by atoms with Crippen LogP contribution in [0.15, 0.2) is 28.9 Å². The van der Waals surface area contributed by atoms with Gasteiger partial charge < -0.3 is 4.74 Å². The highest BCUT2D eigenvalue weighted by atomic mass is 31.0. The van der Waals surface area contributed by atoms with Crippen LogP contribution in [0.4, 0.5) is 0 Å². The Morgan fingerprint density at radius 2 is 2.33 bits per heavy atom. The number of methoxy groups -OCH3 is 1. The fourth-order valence-corrected chi connectivity index (χ4v) is 2.18. The highest BCUT2D eigenvalue weighted by molar-refractivity contribution is 7.23. The van der Waals surface area contributed by atoms with Crippen LogP contribution in [0.25, 0.3) is 0 Å². The van der Waals surface area contributed by atoms with Crippen LogP contribution in [0.2, 0.25) is 0 Å². The van der Waals surface area contributed by atoms with Crippen molar-refractivity contribution < 1.29 is 9.53 Å². The van der Waals surface area contributed by atoms with Gasteiger partial charge in [-0.25, -0.2) is 14.5 Å². The summed E-state index contributed by atoms with van der Waals surface area (Å²) in [4.78, 5) is 15.1. The fraction of sp³-hybridized carbons (Fsp3) is 0.417. The number of allylic oxidation sites excluding steroid dienone is 4. The molecule has 1 atom stereocenters. The standard InChI is InChI=1S/C12H16N3O2P/c1-8-3-4-9(5-10(8)18)6-15-7-13-11(14-15)12(16)17-2/h5,7H,3-4,6,18H2,1-2H3. The van der Waals surface area contributed by atoms with Crippen molar-refractivity contribution >= 4 is 15.2 Å². The van der Waals surface area contributed by atoms with Gasteiger partial charge in [-0.05, 0) is 30.7 Å². The molecule has 0 spiro atoms. The normalized spacial score (nSPS) is 15.6. The molecule has 0 bridgehead atoms. The van der Waals surface area contributed by atoms with Gasteiger partial charge in [-0.3, -0.25) is 0 Å². The molecular weight excluding hydrogens is 249 g/mol. The van der Waals surface area contributed by atoms with Crippen molar-refractivity contribution in [1.82, 2.24) is 14.8 Å². The fourth-order valence-electron chi connectivity index (χ4n) is 1.80. The second-order valence-electron chi connectivity index (χ2n) is 4.30. The number of carbonyl (C=O) groups is 1. The minimum absolute atomic E-state index is 0.103. The van der Waals surface area contributed by atoms with E-state index in [2.05, 4.69) is 37.1 Å². The summed E-state index contributed by atoms with van der Waals surface area (Å²) in [5.74, 6) is -0.402. The van der Waals surface area contributed by atoms with Gasteiger partial charge in [0.2, 0.25) is 0 Å². The molecule has 0 aliphatic heterocycles. The van der Waals surface area contributed by atoms with Crippen molar-refractivity contribution in [1.29, 1.82) is 0 Å². The van der Waals surface area contributed by atoms with Crippen LogP contribution in [0.3, 0.4) is 0 Å². The molecular formula is C12H16N3O2P. The lowest BCUT2D eigenvalue weighted by Crippen LogP contribution is -2.08. The summed E-state index contributed by atoms with van der Waals surface area (Å²) >= 11 is 0. The van der Waals surface area contributed by atoms with E-state index in [1.165, 1.54) is 23.6 Å². The number of ether oxygens (including phenoxy) is 1. The van der Waals surface area contributed by atoms with E-state index in [1.807, 2.05) is 0 Å². The molecule has 6 heteroatoms. The third-order valence-corrected chi connectivity index (χ3v) is 3.60. The molecule has 1 aliphatic carbocycles. The Balaban J connectivity index is 2.09. The number of esters is 1. The lowest BCUT2D eigenvalue weighted by atomic mass is 9.99. The van der Waals surface area contributed by atoms with Gasteiger partial charge in [0.05, 0.1) is 13.7 Å². The average Bonchev–Trinajstić information content (AvgIpc) is 2.81. The van der Waals surface area contributed by atoms with E-state index < -0.39 is 5.97 Å². The third kappa shape index (κ3) is 2.85. The quantitative estimate of drug-likeness (QED) is 0.619. The Labute approximate surface area is 108 Å². The van der Waals surface area contributed by atoms with Gasteiger partial charge in [0.15, 0.2) is 0 Å². The summed E-state index contributed by atoms with van der Waals surface area (Å²) in [6, 6.07) is 0. The first-order valence-corrected chi connectivity index (χ1v) is 6.30. The van der Waals surface area contributed by atoms with Crippen LogP contribution in [0, 0.1) is 0 Å². The lowest BCUT2D eigenvalue weighted by molar-refractivity contribution is 0.0586. The monoisotopic (exact) mass is 265 g/mol. The maximum Gasteiger partial charge on any atom is 0.377 e. The van der Waals surface area contributed by atoms with Crippen LogP contribution in [0.1, 0.15) is 30.4 Å². The van der Waals surface area contributed by atoms with Gasteiger partial charge in [0.1, 0.15) is 6.33 Å². The summed E-state index contributed by atoms with van der Waals surface area (Å²) < 4.78 is 6.23. The van der Waals surface area contributed by atoms with Gasteiger partial charge in [-0.15, -0.1) is 14.3 Å². The topological polar surface area (TPSA) is 57.0 Å². The predicted molar refractivity (Wildman–Crippen MR) is 71.1 cm³/mol. The predicted octanol–water partition coefficient (Wildman–Crippen LogP) is 1.93. The van der Waals surface area contributed by atoms with E-state index in [1.54, 1.807) is 11.0 Å². The Hall–Kier alpha value is -1.48. The highest BCUT2D eigenvalue weighted by Crippen LogP contribution is 2.27. The van der Waals surface area contributed by atoms with Gasteiger partial charge in [0.25, 0.3) is 5.82 Å². The molecule has 0 saturated heterocycles. The molecule has 1 heterocycles. The third-order valence-electron chi connectivity index (χ3n) is 2.94. The van der Waals surface area contributed by atoms with Crippen LogP contribution in [-0.2, 0) is 11.3 Å². The van der Waals surface area contributed by atoms with E-state index in [-0.39, 0.29) is 5.82 Å². The number of nitrogens with zero attached hydrogens (tertiary/aromatic N) is 3. The van der Waals surface area contributed by atoms with E-state index >= 15 is 0 Å². The second kappa shape index (κ2) is 5.44. The molecule has 1 aromatic heterocycles. The zero-order valence-electron chi connectivity index (χ0n) is 10.5. The Morgan fingerprint density at radius 1 is 1.56 bits per heavy atom. The molecule has 0 N–H and O–H groups in total. The summed E-state index contributed by atoms with van der Waals surface area (Å²) in [6.45, 7) is 2.80. The maximum absolute atomic E-state index is 11.2. The molecule has 96 valence electrons. The first-order valence-electron chi connectivity index (χ1n) is 5.72. The van der Waals surface area contributed by atoms with E-state index in [0.29, 0.717) is 6.54 Å². The number of aromatic nitrogens is 3. The maximum atomic E-state index is 11.2. The van der Waals surface area contributed by atoms with E-state index in [0.717, 1.165) is 12.8 Å². The zero-order chi connectivity index (χ0) is 13.1. The minimum Gasteiger partial charge on any atom is -0.463 e. The van der Waals surface area contributed by atoms with Crippen LogP contribution < -0.4 is 0 Å². The summed E-state index contributed by atoms with van der Waals surface area (Å²) in [6.07, 6.45) is 5.81. The Morgan fingerprint density at radius 3 is 3.00 bits per heavy atom. The van der Waals surface area contributed by atoms with Crippen LogP contribution >= 0.6 is 9.24 Å². The van der Waals surface area contributed by atoms with Crippen molar-refractivity contribution in [2.75, 3.05) is 7.11 Å². The number of rotatable bonds is 3. The van der Waals surface area contributed by atoms with E-state index in [9.17, 15) is 4.79 Å². The first kappa shape index (κ1) is 13.0. The molecule has 1 aromatic rings. The summed E-state index contributed by atoms with van der Waals surface area (Å²) in [5.41, 5.74) is 2.68. The van der Waals surface area contributed by atoms with Gasteiger partial charge >= 0.3 is 5.97 Å². The molecule has 1 aliphatic rings. The smallest absolute Gasteiger partial charge is 0.377 e. The minimum atomic E-state index is -0.506. The van der Waals surface area contributed by atoms with Crippen molar-refractivity contribution in [2.45, 2.75) is 26.3 Å². The molecule has 0 radical (unpaired) electrons. The summed E-state index contributed by atoms with van der Waals surface area (Å²) in [5, 5.41) is 5.33. The zero-order valence-corrected chi connectivity index (χ0v) is 11.7. The van der Waals surface area contributed by atoms with Crippen molar-refractivity contribution in [3.05, 3.63) is 34.7 Å². The number of hydrogen-bond donors (Lipinski definition) is 0. The number of hydrogen-bond acceptors (Lipinski definition) is 4. The molecule has 18 heavy (non-hydrogen) atoms. The van der Waals surface area contributed by atoms with Crippen LogP contribution in [0.5, 0.6) is 0 Å². The van der Waals surface area contributed by atoms with Crippen molar-refractivity contribution in [3.8, 4) is 0 Å². The van der Waals surface area contributed by atoms with Crippen molar-refractivity contribution in [3.63, 3.8) is 0 Å². The molecule has 2 rings (SSSR count). The highest BCUT2D eigenvalue weighted by Gasteiger charge is 2.13. The largest absolute Gasteiger partial charge is 0.463 e. The van der Waals surface area contributed by atoms with Gasteiger partial charge in [-0.2, -0.15) is 0 Å². The van der Waals surface area contributed by atoms with E-state index in [4.69, 9.17) is 0 Å². The molecule has 1 unspecified atom stereocenters. The Kier molecular flexibility index (Phi) is 3.92.